The van der Waals surface area contributed by atoms with Gasteiger partial charge in [0.25, 0.3) is 5.91 Å². The Morgan fingerprint density at radius 3 is 2.75 bits per heavy atom. The second kappa shape index (κ2) is 6.43. The zero-order chi connectivity index (χ0) is 14.5. The minimum Gasteiger partial charge on any atom is -0.497 e. The van der Waals surface area contributed by atoms with Crippen LogP contribution >= 0.6 is 11.3 Å². The molecule has 0 atom stereocenters. The number of anilines is 1. The third-order valence-electron chi connectivity index (χ3n) is 3.08. The summed E-state index contributed by atoms with van der Waals surface area (Å²) < 4.78 is 5.10. The van der Waals surface area contributed by atoms with Crippen LogP contribution in [0.5, 0.6) is 5.75 Å². The van der Waals surface area contributed by atoms with Crippen LogP contribution in [0.25, 0.3) is 0 Å². The van der Waals surface area contributed by atoms with E-state index < -0.39 is 0 Å². The van der Waals surface area contributed by atoms with Gasteiger partial charge in [-0.05, 0) is 30.5 Å². The Kier molecular flexibility index (Phi) is 4.63. The largest absolute Gasteiger partial charge is 0.497 e. The van der Waals surface area contributed by atoms with Crippen molar-refractivity contribution in [1.82, 2.24) is 4.90 Å². The summed E-state index contributed by atoms with van der Waals surface area (Å²) in [5.41, 5.74) is 6.90. The van der Waals surface area contributed by atoms with Gasteiger partial charge in [-0.1, -0.05) is 6.07 Å². The minimum atomic E-state index is -0.0546. The number of carbonyl (C=O) groups is 1. The maximum atomic E-state index is 12.5. The molecule has 2 aromatic rings. The number of carbonyl (C=O) groups excluding carboxylic acids is 1. The molecule has 0 fully saturated rings. The van der Waals surface area contributed by atoms with Crippen LogP contribution in [-0.2, 0) is 6.54 Å². The van der Waals surface area contributed by atoms with E-state index in [1.165, 1.54) is 0 Å². The molecule has 1 amide bonds. The fourth-order valence-corrected chi connectivity index (χ4v) is 2.67. The molecule has 2 rings (SSSR count). The van der Waals surface area contributed by atoms with E-state index in [0.717, 1.165) is 4.88 Å². The van der Waals surface area contributed by atoms with E-state index in [0.29, 0.717) is 30.1 Å². The Balaban J connectivity index is 2.20. The predicted molar refractivity (Wildman–Crippen MR) is 82.1 cm³/mol. The summed E-state index contributed by atoms with van der Waals surface area (Å²) in [6.45, 7) is 3.21. The van der Waals surface area contributed by atoms with Crippen LogP contribution in [0.4, 0.5) is 5.69 Å². The quantitative estimate of drug-likeness (QED) is 0.861. The first kappa shape index (κ1) is 14.4. The van der Waals surface area contributed by atoms with Gasteiger partial charge in [0.05, 0.1) is 19.2 Å². The maximum Gasteiger partial charge on any atom is 0.256 e. The first-order valence-corrected chi connectivity index (χ1v) is 7.28. The summed E-state index contributed by atoms with van der Waals surface area (Å²) >= 11 is 1.64. The van der Waals surface area contributed by atoms with Gasteiger partial charge in [0.2, 0.25) is 0 Å². The molecule has 5 heteroatoms. The standard InChI is InChI=1S/C15H18N2O2S/c1-3-17(10-12-5-4-8-20-12)15(18)13-7-6-11(19-2)9-14(13)16/h4-9H,3,10,16H2,1-2H3. The third-order valence-corrected chi connectivity index (χ3v) is 3.95. The molecule has 0 radical (unpaired) electrons. The first-order valence-electron chi connectivity index (χ1n) is 6.41. The lowest BCUT2D eigenvalue weighted by Gasteiger charge is -2.21. The molecule has 1 heterocycles. The molecule has 106 valence electrons. The summed E-state index contributed by atoms with van der Waals surface area (Å²) in [5, 5.41) is 2.01. The fourth-order valence-electron chi connectivity index (χ4n) is 1.95. The van der Waals surface area contributed by atoms with Crippen molar-refractivity contribution >= 4 is 22.9 Å². The molecule has 0 bridgehead atoms. The van der Waals surface area contributed by atoms with E-state index in [-0.39, 0.29) is 5.91 Å². The van der Waals surface area contributed by atoms with Gasteiger partial charge < -0.3 is 15.4 Å². The zero-order valence-corrected chi connectivity index (χ0v) is 12.4. The first-order chi connectivity index (χ1) is 9.65. The average Bonchev–Trinajstić information content (AvgIpc) is 2.96. The molecule has 0 saturated carbocycles. The summed E-state index contributed by atoms with van der Waals surface area (Å²) in [5.74, 6) is 0.599. The lowest BCUT2D eigenvalue weighted by molar-refractivity contribution is 0.0755. The van der Waals surface area contributed by atoms with Crippen molar-refractivity contribution in [2.45, 2.75) is 13.5 Å². The van der Waals surface area contributed by atoms with E-state index >= 15 is 0 Å². The molecule has 0 spiro atoms. The smallest absolute Gasteiger partial charge is 0.256 e. The predicted octanol–water partition coefficient (Wildman–Crippen LogP) is 3.00. The number of thiophene rings is 1. The van der Waals surface area contributed by atoms with Gasteiger partial charge in [0.15, 0.2) is 0 Å². The highest BCUT2D eigenvalue weighted by atomic mass is 32.1. The lowest BCUT2D eigenvalue weighted by atomic mass is 10.1. The number of methoxy groups -OCH3 is 1. The lowest BCUT2D eigenvalue weighted by Crippen LogP contribution is -2.30. The Morgan fingerprint density at radius 2 is 2.20 bits per heavy atom. The summed E-state index contributed by atoms with van der Waals surface area (Å²) in [6, 6.07) is 9.15. The molecule has 20 heavy (non-hydrogen) atoms. The van der Waals surface area contributed by atoms with Crippen LogP contribution in [0, 0.1) is 0 Å². The van der Waals surface area contributed by atoms with E-state index in [1.807, 2.05) is 24.4 Å². The van der Waals surface area contributed by atoms with Crippen molar-refractivity contribution in [2.24, 2.45) is 0 Å². The summed E-state index contributed by atoms with van der Waals surface area (Å²) in [4.78, 5) is 15.5. The summed E-state index contributed by atoms with van der Waals surface area (Å²) in [7, 11) is 1.57. The highest BCUT2D eigenvalue weighted by Crippen LogP contribution is 2.22. The van der Waals surface area contributed by atoms with Gasteiger partial charge in [-0.25, -0.2) is 0 Å². The molecule has 0 saturated heterocycles. The molecule has 1 aromatic heterocycles. The fraction of sp³-hybridized carbons (Fsp3) is 0.267. The van der Waals surface area contributed by atoms with Crippen LogP contribution in [0.1, 0.15) is 22.2 Å². The van der Waals surface area contributed by atoms with Crippen LogP contribution in [0.2, 0.25) is 0 Å². The topological polar surface area (TPSA) is 55.6 Å². The van der Waals surface area contributed by atoms with Crippen molar-refractivity contribution in [3.05, 3.63) is 46.2 Å². The maximum absolute atomic E-state index is 12.5. The monoisotopic (exact) mass is 290 g/mol. The number of amides is 1. The second-order valence-electron chi connectivity index (χ2n) is 4.35. The van der Waals surface area contributed by atoms with Crippen LogP contribution in [0.15, 0.2) is 35.7 Å². The van der Waals surface area contributed by atoms with Crippen LogP contribution in [0.3, 0.4) is 0 Å². The molecule has 0 unspecified atom stereocenters. The number of nitrogens with two attached hydrogens (primary N) is 1. The van der Waals surface area contributed by atoms with Crippen molar-refractivity contribution in [2.75, 3.05) is 19.4 Å². The van der Waals surface area contributed by atoms with Crippen molar-refractivity contribution in [3.63, 3.8) is 0 Å². The molecule has 0 aliphatic carbocycles. The van der Waals surface area contributed by atoms with Crippen LogP contribution < -0.4 is 10.5 Å². The van der Waals surface area contributed by atoms with Gasteiger partial charge >= 0.3 is 0 Å². The number of hydrogen-bond acceptors (Lipinski definition) is 4. The van der Waals surface area contributed by atoms with E-state index in [4.69, 9.17) is 10.5 Å². The van der Waals surface area contributed by atoms with Gasteiger partial charge in [-0.2, -0.15) is 0 Å². The highest BCUT2D eigenvalue weighted by molar-refractivity contribution is 7.09. The molecule has 2 N–H and O–H groups in total. The minimum absolute atomic E-state index is 0.0546. The third kappa shape index (κ3) is 3.11. The number of hydrogen-bond donors (Lipinski definition) is 1. The highest BCUT2D eigenvalue weighted by Gasteiger charge is 2.17. The van der Waals surface area contributed by atoms with Crippen molar-refractivity contribution in [3.8, 4) is 5.75 Å². The Morgan fingerprint density at radius 1 is 1.40 bits per heavy atom. The molecule has 0 aliphatic heterocycles. The van der Waals surface area contributed by atoms with Crippen molar-refractivity contribution in [1.29, 1.82) is 0 Å². The van der Waals surface area contributed by atoms with E-state index in [1.54, 1.807) is 41.5 Å². The van der Waals surface area contributed by atoms with E-state index in [9.17, 15) is 4.79 Å². The number of nitrogen functional groups attached to an aromatic ring is 1. The molecule has 4 nitrogen and oxygen atoms in total. The molecule has 0 aliphatic rings. The molecule has 1 aromatic carbocycles. The van der Waals surface area contributed by atoms with Gasteiger partial charge in [0, 0.05) is 23.2 Å². The number of benzene rings is 1. The second-order valence-corrected chi connectivity index (χ2v) is 5.38. The van der Waals surface area contributed by atoms with Gasteiger partial charge in [-0.3, -0.25) is 4.79 Å². The van der Waals surface area contributed by atoms with Gasteiger partial charge in [-0.15, -0.1) is 11.3 Å². The van der Waals surface area contributed by atoms with E-state index in [2.05, 4.69) is 0 Å². The Bertz CT molecular complexity index is 582. The summed E-state index contributed by atoms with van der Waals surface area (Å²) in [6.07, 6.45) is 0. The van der Waals surface area contributed by atoms with Gasteiger partial charge in [0.1, 0.15) is 5.75 Å². The number of nitrogens with zero attached hydrogens (tertiary/aromatic N) is 1. The Hall–Kier alpha value is -2.01. The molecular weight excluding hydrogens is 272 g/mol. The Labute approximate surface area is 122 Å². The SMILES string of the molecule is CCN(Cc1cccs1)C(=O)c1ccc(OC)cc1N. The molecular formula is C15H18N2O2S. The zero-order valence-electron chi connectivity index (χ0n) is 11.6. The number of ether oxygens (including phenoxy) is 1. The van der Waals surface area contributed by atoms with Crippen molar-refractivity contribution < 1.29 is 9.53 Å². The van der Waals surface area contributed by atoms with Crippen LogP contribution in [-0.4, -0.2) is 24.5 Å². The normalized spacial score (nSPS) is 10.3. The number of rotatable bonds is 5. The average molecular weight is 290 g/mol.